The summed E-state index contributed by atoms with van der Waals surface area (Å²) in [5.74, 6) is 0.123. The van der Waals surface area contributed by atoms with Gasteiger partial charge in [-0.05, 0) is 62.6 Å². The van der Waals surface area contributed by atoms with Gasteiger partial charge in [-0.2, -0.15) is 0 Å². The minimum absolute atomic E-state index is 0.156. The molecule has 0 spiro atoms. The van der Waals surface area contributed by atoms with E-state index >= 15 is 0 Å². The van der Waals surface area contributed by atoms with E-state index in [1.807, 2.05) is 45.0 Å². The molecule has 0 radical (unpaired) electrons. The van der Waals surface area contributed by atoms with Crippen molar-refractivity contribution in [2.75, 3.05) is 13.2 Å². The van der Waals surface area contributed by atoms with E-state index in [1.54, 1.807) is 30.0 Å². The highest BCUT2D eigenvalue weighted by Gasteiger charge is 2.26. The maximum atomic E-state index is 12.9. The first-order chi connectivity index (χ1) is 13.3. The van der Waals surface area contributed by atoms with Gasteiger partial charge >= 0.3 is 0 Å². The highest BCUT2D eigenvalue weighted by molar-refractivity contribution is 6.31. The van der Waals surface area contributed by atoms with Gasteiger partial charge in [0.25, 0.3) is 5.91 Å². The molecule has 0 unspecified atom stereocenters. The first-order valence-corrected chi connectivity index (χ1v) is 9.72. The molecular weight excluding hydrogens is 376 g/mol. The average Bonchev–Trinajstić information content (AvgIpc) is 2.67. The van der Waals surface area contributed by atoms with E-state index in [-0.39, 0.29) is 18.4 Å². The van der Waals surface area contributed by atoms with E-state index in [2.05, 4.69) is 5.32 Å². The summed E-state index contributed by atoms with van der Waals surface area (Å²) in [5.41, 5.74) is 2.94. The molecule has 0 bridgehead atoms. The normalized spacial score (nSPS) is 11.6. The molecule has 0 heterocycles. The predicted molar refractivity (Wildman–Crippen MR) is 112 cm³/mol. The Balaban J connectivity index is 2.16. The largest absolute Gasteiger partial charge is 0.484 e. The topological polar surface area (TPSA) is 58.6 Å². The van der Waals surface area contributed by atoms with Gasteiger partial charge in [-0.15, -0.1) is 0 Å². The van der Waals surface area contributed by atoms with Crippen LogP contribution < -0.4 is 10.1 Å². The highest BCUT2D eigenvalue weighted by Crippen LogP contribution is 2.21. The van der Waals surface area contributed by atoms with Crippen LogP contribution in [0.2, 0.25) is 5.02 Å². The fraction of sp³-hybridized carbons (Fsp3) is 0.364. The molecule has 0 aromatic heterocycles. The number of likely N-dealkylation sites (N-methyl/N-ethyl adjacent to an activating group) is 1. The molecule has 1 atom stereocenters. The van der Waals surface area contributed by atoms with Gasteiger partial charge in [-0.1, -0.05) is 35.9 Å². The number of carbonyl (C=O) groups is 2. The second-order valence-electron chi connectivity index (χ2n) is 6.72. The molecule has 2 rings (SSSR count). The van der Waals surface area contributed by atoms with E-state index in [1.165, 1.54) is 0 Å². The molecule has 28 heavy (non-hydrogen) atoms. The maximum absolute atomic E-state index is 12.9. The first kappa shape index (κ1) is 21.8. The standard InChI is InChI=1S/C22H27ClN2O3/c1-5-24-22(27)17(4)25(13-18-9-7-6-8-15(18)2)21(26)14-28-19-10-11-20(23)16(3)12-19/h6-12,17H,5,13-14H2,1-4H3,(H,24,27)/t17-/m1/s1. The van der Waals surface area contributed by atoms with Gasteiger partial charge < -0.3 is 15.0 Å². The third-order valence-corrected chi connectivity index (χ3v) is 5.04. The van der Waals surface area contributed by atoms with Crippen molar-refractivity contribution in [2.45, 2.75) is 40.3 Å². The van der Waals surface area contributed by atoms with Gasteiger partial charge in [0.05, 0.1) is 0 Å². The number of carbonyl (C=O) groups excluding carboxylic acids is 2. The molecule has 0 saturated heterocycles. The highest BCUT2D eigenvalue weighted by atomic mass is 35.5. The lowest BCUT2D eigenvalue weighted by Crippen LogP contribution is -2.49. The molecular formula is C22H27ClN2O3. The second-order valence-corrected chi connectivity index (χ2v) is 7.13. The smallest absolute Gasteiger partial charge is 0.261 e. The van der Waals surface area contributed by atoms with Crippen molar-refractivity contribution in [3.63, 3.8) is 0 Å². The molecule has 1 N–H and O–H groups in total. The van der Waals surface area contributed by atoms with Crippen molar-refractivity contribution in [3.8, 4) is 5.75 Å². The Morgan fingerprint density at radius 2 is 1.86 bits per heavy atom. The third kappa shape index (κ3) is 5.73. The zero-order valence-electron chi connectivity index (χ0n) is 16.8. The van der Waals surface area contributed by atoms with Gasteiger partial charge in [0.2, 0.25) is 5.91 Å². The fourth-order valence-corrected chi connectivity index (χ4v) is 2.93. The Labute approximate surface area is 171 Å². The molecule has 2 amide bonds. The number of hydrogen-bond donors (Lipinski definition) is 1. The van der Waals surface area contributed by atoms with Crippen LogP contribution in [0.1, 0.15) is 30.5 Å². The van der Waals surface area contributed by atoms with Gasteiger partial charge in [0.15, 0.2) is 6.61 Å². The summed E-state index contributed by atoms with van der Waals surface area (Å²) in [6.07, 6.45) is 0. The quantitative estimate of drug-likeness (QED) is 0.728. The Kier molecular flexibility index (Phi) is 7.88. The summed E-state index contributed by atoms with van der Waals surface area (Å²) in [6, 6.07) is 12.5. The molecule has 0 aliphatic heterocycles. The van der Waals surface area contributed by atoms with Crippen LogP contribution >= 0.6 is 11.6 Å². The summed E-state index contributed by atoms with van der Waals surface area (Å²) in [5, 5.41) is 3.42. The van der Waals surface area contributed by atoms with Gasteiger partial charge in [0, 0.05) is 18.1 Å². The lowest BCUT2D eigenvalue weighted by molar-refractivity contribution is -0.142. The number of benzene rings is 2. The summed E-state index contributed by atoms with van der Waals surface area (Å²) in [7, 11) is 0. The minimum atomic E-state index is -0.609. The van der Waals surface area contributed by atoms with Crippen molar-refractivity contribution >= 4 is 23.4 Å². The first-order valence-electron chi connectivity index (χ1n) is 9.34. The van der Waals surface area contributed by atoms with Crippen LogP contribution in [0, 0.1) is 13.8 Å². The average molecular weight is 403 g/mol. The number of nitrogens with one attached hydrogen (secondary N) is 1. The lowest BCUT2D eigenvalue weighted by Gasteiger charge is -2.29. The number of ether oxygens (including phenoxy) is 1. The summed E-state index contributed by atoms with van der Waals surface area (Å²) < 4.78 is 5.66. The Bertz CT molecular complexity index is 838. The molecule has 2 aromatic rings. The fourth-order valence-electron chi connectivity index (χ4n) is 2.81. The van der Waals surface area contributed by atoms with Gasteiger partial charge in [0.1, 0.15) is 11.8 Å². The zero-order chi connectivity index (χ0) is 20.7. The number of amides is 2. The van der Waals surface area contributed by atoms with Crippen LogP contribution in [0.25, 0.3) is 0 Å². The predicted octanol–water partition coefficient (Wildman–Crippen LogP) is 3.89. The number of nitrogens with zero attached hydrogens (tertiary/aromatic N) is 1. The van der Waals surface area contributed by atoms with E-state index in [0.29, 0.717) is 23.9 Å². The Morgan fingerprint density at radius 1 is 1.14 bits per heavy atom. The van der Waals surface area contributed by atoms with Crippen LogP contribution in [-0.2, 0) is 16.1 Å². The van der Waals surface area contributed by atoms with Crippen molar-refractivity contribution < 1.29 is 14.3 Å². The summed E-state index contributed by atoms with van der Waals surface area (Å²) in [4.78, 5) is 26.8. The maximum Gasteiger partial charge on any atom is 0.261 e. The molecule has 0 saturated carbocycles. The lowest BCUT2D eigenvalue weighted by atomic mass is 10.1. The monoisotopic (exact) mass is 402 g/mol. The van der Waals surface area contributed by atoms with Gasteiger partial charge in [-0.3, -0.25) is 9.59 Å². The van der Waals surface area contributed by atoms with Crippen molar-refractivity contribution in [1.29, 1.82) is 0 Å². The molecule has 6 heteroatoms. The van der Waals surface area contributed by atoms with Crippen LogP contribution in [0.4, 0.5) is 0 Å². The van der Waals surface area contributed by atoms with E-state index < -0.39 is 6.04 Å². The number of halogens is 1. The van der Waals surface area contributed by atoms with Crippen molar-refractivity contribution in [2.24, 2.45) is 0 Å². The number of hydrogen-bond acceptors (Lipinski definition) is 3. The third-order valence-electron chi connectivity index (χ3n) is 4.61. The second kappa shape index (κ2) is 10.1. The molecule has 0 aliphatic rings. The Morgan fingerprint density at radius 3 is 2.50 bits per heavy atom. The van der Waals surface area contributed by atoms with Crippen LogP contribution in [0.15, 0.2) is 42.5 Å². The molecule has 150 valence electrons. The molecule has 2 aromatic carbocycles. The molecule has 5 nitrogen and oxygen atoms in total. The minimum Gasteiger partial charge on any atom is -0.484 e. The summed E-state index contributed by atoms with van der Waals surface area (Å²) >= 11 is 6.03. The molecule has 0 aliphatic carbocycles. The van der Waals surface area contributed by atoms with Gasteiger partial charge in [-0.25, -0.2) is 0 Å². The van der Waals surface area contributed by atoms with E-state index in [0.717, 1.165) is 16.7 Å². The Hall–Kier alpha value is -2.53. The van der Waals surface area contributed by atoms with Crippen molar-refractivity contribution in [3.05, 3.63) is 64.2 Å². The SMILES string of the molecule is CCNC(=O)[C@@H](C)N(Cc1ccccc1C)C(=O)COc1ccc(Cl)c(C)c1. The van der Waals surface area contributed by atoms with Crippen LogP contribution in [0.5, 0.6) is 5.75 Å². The zero-order valence-corrected chi connectivity index (χ0v) is 17.5. The summed E-state index contributed by atoms with van der Waals surface area (Å²) in [6.45, 7) is 8.14. The van der Waals surface area contributed by atoms with E-state index in [9.17, 15) is 9.59 Å². The molecule has 0 fully saturated rings. The van der Waals surface area contributed by atoms with Crippen LogP contribution in [0.3, 0.4) is 0 Å². The number of aryl methyl sites for hydroxylation is 2. The van der Waals surface area contributed by atoms with Crippen molar-refractivity contribution in [1.82, 2.24) is 10.2 Å². The van der Waals surface area contributed by atoms with E-state index in [4.69, 9.17) is 16.3 Å². The van der Waals surface area contributed by atoms with Crippen LogP contribution in [-0.4, -0.2) is 35.9 Å². The number of rotatable bonds is 8.